The maximum absolute atomic E-state index is 5.86. The van der Waals surface area contributed by atoms with Crippen molar-refractivity contribution >= 4 is 0 Å². The summed E-state index contributed by atoms with van der Waals surface area (Å²) in [7, 11) is 0. The van der Waals surface area contributed by atoms with Crippen LogP contribution in [0.25, 0.3) is 0 Å². The van der Waals surface area contributed by atoms with Gasteiger partial charge < -0.3 is 10.1 Å². The van der Waals surface area contributed by atoms with E-state index in [1.165, 1.54) is 5.56 Å². The first-order valence-corrected chi connectivity index (χ1v) is 7.68. The molecule has 1 heterocycles. The lowest BCUT2D eigenvalue weighted by molar-refractivity contribution is -0.0472. The molecule has 2 rings (SSSR count). The van der Waals surface area contributed by atoms with Crippen molar-refractivity contribution in [2.45, 2.75) is 45.4 Å². The second-order valence-corrected chi connectivity index (χ2v) is 6.34. The molecular weight excluding hydrogens is 248 g/mol. The number of ether oxygens (including phenoxy) is 1. The molecule has 1 N–H and O–H groups in total. The van der Waals surface area contributed by atoms with Gasteiger partial charge in [0, 0.05) is 38.3 Å². The van der Waals surface area contributed by atoms with Gasteiger partial charge in [0.2, 0.25) is 0 Å². The molecule has 2 atom stereocenters. The van der Waals surface area contributed by atoms with E-state index in [0.29, 0.717) is 12.1 Å². The summed E-state index contributed by atoms with van der Waals surface area (Å²) in [5, 5.41) is 3.65. The Hall–Kier alpha value is -0.900. The Kier molecular flexibility index (Phi) is 5.19. The number of nitrogens with one attached hydrogen (secondary N) is 1. The van der Waals surface area contributed by atoms with Crippen molar-refractivity contribution < 1.29 is 4.74 Å². The Bertz CT molecular complexity index is 405. The van der Waals surface area contributed by atoms with Crippen molar-refractivity contribution in [1.82, 2.24) is 10.2 Å². The summed E-state index contributed by atoms with van der Waals surface area (Å²) in [5.74, 6) is 0. The summed E-state index contributed by atoms with van der Waals surface area (Å²) in [6, 6.07) is 11.7. The lowest BCUT2D eigenvalue weighted by atomic mass is 10.00. The number of rotatable bonds is 5. The third-order valence-corrected chi connectivity index (χ3v) is 4.02. The van der Waals surface area contributed by atoms with E-state index in [2.05, 4.69) is 68.2 Å². The molecule has 3 nitrogen and oxygen atoms in total. The van der Waals surface area contributed by atoms with Crippen molar-refractivity contribution in [3.05, 3.63) is 35.9 Å². The molecule has 0 amide bonds. The summed E-state index contributed by atoms with van der Waals surface area (Å²) in [5.41, 5.74) is 1.29. The first-order valence-electron chi connectivity index (χ1n) is 7.68. The Labute approximate surface area is 123 Å². The molecule has 1 fully saturated rings. The molecule has 1 aliphatic rings. The van der Waals surface area contributed by atoms with Crippen LogP contribution in [-0.2, 0) is 4.74 Å². The topological polar surface area (TPSA) is 24.5 Å². The van der Waals surface area contributed by atoms with Gasteiger partial charge in [-0.2, -0.15) is 0 Å². The number of nitrogens with zero attached hydrogens (tertiary/aromatic N) is 1. The van der Waals surface area contributed by atoms with E-state index in [1.807, 2.05) is 0 Å². The highest BCUT2D eigenvalue weighted by molar-refractivity contribution is 5.20. The molecule has 112 valence electrons. The van der Waals surface area contributed by atoms with Crippen molar-refractivity contribution in [3.8, 4) is 0 Å². The summed E-state index contributed by atoms with van der Waals surface area (Å²) in [4.78, 5) is 2.55. The van der Waals surface area contributed by atoms with Gasteiger partial charge in [0.05, 0.1) is 5.60 Å². The SMILES string of the molecule is CCOC(C)(C)CN1CC(c2ccccc2)NCC1C. The number of hydrogen-bond donors (Lipinski definition) is 1. The van der Waals surface area contributed by atoms with E-state index < -0.39 is 0 Å². The van der Waals surface area contributed by atoms with Gasteiger partial charge in [-0.3, -0.25) is 4.90 Å². The van der Waals surface area contributed by atoms with Crippen LogP contribution in [-0.4, -0.2) is 42.8 Å². The average molecular weight is 276 g/mol. The second-order valence-electron chi connectivity index (χ2n) is 6.34. The normalized spacial score (nSPS) is 24.8. The third kappa shape index (κ3) is 4.05. The minimum absolute atomic E-state index is 0.0818. The molecule has 1 aliphatic heterocycles. The summed E-state index contributed by atoms with van der Waals surface area (Å²) in [6.07, 6.45) is 0. The molecule has 1 aromatic rings. The number of hydrogen-bond acceptors (Lipinski definition) is 3. The predicted octanol–water partition coefficient (Wildman–Crippen LogP) is 2.84. The van der Waals surface area contributed by atoms with E-state index in [9.17, 15) is 0 Å². The van der Waals surface area contributed by atoms with Crippen molar-refractivity contribution in [1.29, 1.82) is 0 Å². The molecule has 3 heteroatoms. The Balaban J connectivity index is 2.02. The first-order chi connectivity index (χ1) is 9.52. The highest BCUT2D eigenvalue weighted by Crippen LogP contribution is 2.22. The summed E-state index contributed by atoms with van der Waals surface area (Å²) >= 11 is 0. The Morgan fingerprint density at radius 3 is 2.65 bits per heavy atom. The molecule has 1 aromatic carbocycles. The van der Waals surface area contributed by atoms with Crippen molar-refractivity contribution in [3.63, 3.8) is 0 Å². The van der Waals surface area contributed by atoms with Gasteiger partial charge in [0.1, 0.15) is 0 Å². The van der Waals surface area contributed by atoms with Crippen LogP contribution < -0.4 is 5.32 Å². The first kappa shape index (κ1) is 15.5. The van der Waals surface area contributed by atoms with Crippen LogP contribution in [0.4, 0.5) is 0 Å². The Morgan fingerprint density at radius 1 is 1.30 bits per heavy atom. The minimum atomic E-state index is -0.0818. The molecule has 0 aromatic heterocycles. The second kappa shape index (κ2) is 6.70. The van der Waals surface area contributed by atoms with E-state index in [0.717, 1.165) is 26.2 Å². The van der Waals surface area contributed by atoms with Gasteiger partial charge >= 0.3 is 0 Å². The van der Waals surface area contributed by atoms with Gasteiger partial charge in [-0.25, -0.2) is 0 Å². The molecule has 0 radical (unpaired) electrons. The lowest BCUT2D eigenvalue weighted by Crippen LogP contribution is -2.55. The number of piperazine rings is 1. The smallest absolute Gasteiger partial charge is 0.0752 e. The maximum Gasteiger partial charge on any atom is 0.0752 e. The van der Waals surface area contributed by atoms with Gasteiger partial charge in [0.15, 0.2) is 0 Å². The lowest BCUT2D eigenvalue weighted by Gasteiger charge is -2.42. The van der Waals surface area contributed by atoms with E-state index in [-0.39, 0.29) is 5.60 Å². The van der Waals surface area contributed by atoms with Crippen LogP contribution in [0.15, 0.2) is 30.3 Å². The van der Waals surface area contributed by atoms with E-state index >= 15 is 0 Å². The van der Waals surface area contributed by atoms with Gasteiger partial charge in [-0.1, -0.05) is 30.3 Å². The zero-order valence-electron chi connectivity index (χ0n) is 13.2. The van der Waals surface area contributed by atoms with Crippen LogP contribution in [0, 0.1) is 0 Å². The molecule has 0 bridgehead atoms. The van der Waals surface area contributed by atoms with Crippen LogP contribution in [0.5, 0.6) is 0 Å². The standard InChI is InChI=1S/C17H28N2O/c1-5-20-17(3,4)13-19-12-16(18-11-14(19)2)15-9-7-6-8-10-15/h6-10,14,16,18H,5,11-13H2,1-4H3. The average Bonchev–Trinajstić information content (AvgIpc) is 2.42. The quantitative estimate of drug-likeness (QED) is 0.895. The number of benzene rings is 1. The zero-order valence-corrected chi connectivity index (χ0v) is 13.2. The molecule has 0 spiro atoms. The molecular formula is C17H28N2O. The molecule has 2 unspecified atom stereocenters. The molecule has 0 aliphatic carbocycles. The fourth-order valence-electron chi connectivity index (χ4n) is 2.98. The van der Waals surface area contributed by atoms with Gasteiger partial charge in [-0.15, -0.1) is 0 Å². The van der Waals surface area contributed by atoms with E-state index in [4.69, 9.17) is 4.74 Å². The fraction of sp³-hybridized carbons (Fsp3) is 0.647. The minimum Gasteiger partial charge on any atom is -0.375 e. The molecule has 20 heavy (non-hydrogen) atoms. The van der Waals surface area contributed by atoms with Crippen molar-refractivity contribution in [2.24, 2.45) is 0 Å². The van der Waals surface area contributed by atoms with Gasteiger partial charge in [0.25, 0.3) is 0 Å². The third-order valence-electron chi connectivity index (χ3n) is 4.02. The maximum atomic E-state index is 5.86. The van der Waals surface area contributed by atoms with Gasteiger partial charge in [-0.05, 0) is 33.3 Å². The Morgan fingerprint density at radius 2 is 2.00 bits per heavy atom. The molecule has 1 saturated heterocycles. The highest BCUT2D eigenvalue weighted by Gasteiger charge is 2.30. The fourth-order valence-corrected chi connectivity index (χ4v) is 2.98. The summed E-state index contributed by atoms with van der Waals surface area (Å²) < 4.78 is 5.86. The largest absolute Gasteiger partial charge is 0.375 e. The van der Waals surface area contributed by atoms with Crippen LogP contribution in [0.2, 0.25) is 0 Å². The monoisotopic (exact) mass is 276 g/mol. The van der Waals surface area contributed by atoms with Crippen LogP contribution in [0.1, 0.15) is 39.3 Å². The van der Waals surface area contributed by atoms with Crippen LogP contribution >= 0.6 is 0 Å². The molecule has 0 saturated carbocycles. The predicted molar refractivity (Wildman–Crippen MR) is 83.9 cm³/mol. The van der Waals surface area contributed by atoms with Crippen LogP contribution in [0.3, 0.4) is 0 Å². The zero-order chi connectivity index (χ0) is 14.6. The highest BCUT2D eigenvalue weighted by atomic mass is 16.5. The van der Waals surface area contributed by atoms with Crippen molar-refractivity contribution in [2.75, 3.05) is 26.2 Å². The van der Waals surface area contributed by atoms with E-state index in [1.54, 1.807) is 0 Å². The summed E-state index contributed by atoms with van der Waals surface area (Å²) in [6.45, 7) is 12.5.